The van der Waals surface area contributed by atoms with Crippen molar-refractivity contribution in [1.82, 2.24) is 4.90 Å². The first-order valence-corrected chi connectivity index (χ1v) is 6.77. The van der Waals surface area contributed by atoms with Crippen molar-refractivity contribution in [2.24, 2.45) is 0 Å². The van der Waals surface area contributed by atoms with E-state index in [2.05, 4.69) is 5.32 Å². The molecular weight excluding hydrogens is 243 g/mol. The molecule has 0 saturated carbocycles. The van der Waals surface area contributed by atoms with Crippen molar-refractivity contribution < 1.29 is 9.18 Å². The first-order valence-electron chi connectivity index (χ1n) is 6.77. The first-order chi connectivity index (χ1) is 9.10. The third kappa shape index (κ3) is 3.53. The minimum atomic E-state index is -0.364. The van der Waals surface area contributed by atoms with Crippen LogP contribution in [-0.4, -0.2) is 36.6 Å². The third-order valence-electron chi connectivity index (χ3n) is 3.68. The van der Waals surface area contributed by atoms with Crippen LogP contribution < -0.4 is 5.32 Å². The van der Waals surface area contributed by atoms with E-state index in [4.69, 9.17) is 0 Å². The Morgan fingerprint density at radius 3 is 2.95 bits per heavy atom. The van der Waals surface area contributed by atoms with Gasteiger partial charge in [-0.3, -0.25) is 9.69 Å². The van der Waals surface area contributed by atoms with Crippen molar-refractivity contribution in [3.8, 4) is 0 Å². The molecule has 1 aliphatic heterocycles. The molecule has 0 aromatic heterocycles. The number of likely N-dealkylation sites (tertiary alicyclic amines) is 1. The van der Waals surface area contributed by atoms with Crippen LogP contribution in [-0.2, 0) is 4.79 Å². The van der Waals surface area contributed by atoms with Crippen LogP contribution in [0.15, 0.2) is 18.2 Å². The fraction of sp³-hybridized carbons (Fsp3) is 0.533. The summed E-state index contributed by atoms with van der Waals surface area (Å²) in [7, 11) is 0. The molecule has 1 atom stereocenters. The smallest absolute Gasteiger partial charge is 0.238 e. The molecule has 1 aromatic rings. The van der Waals surface area contributed by atoms with Crippen LogP contribution in [0.1, 0.15) is 24.0 Å². The third-order valence-corrected chi connectivity index (χ3v) is 3.68. The van der Waals surface area contributed by atoms with E-state index in [1.165, 1.54) is 5.56 Å². The van der Waals surface area contributed by atoms with Crippen LogP contribution in [0, 0.1) is 13.8 Å². The van der Waals surface area contributed by atoms with Gasteiger partial charge in [-0.1, -0.05) is 17.7 Å². The van der Waals surface area contributed by atoms with Gasteiger partial charge in [-0.05, 0) is 44.9 Å². The van der Waals surface area contributed by atoms with Gasteiger partial charge in [-0.2, -0.15) is 0 Å². The van der Waals surface area contributed by atoms with Gasteiger partial charge in [0.15, 0.2) is 0 Å². The highest BCUT2D eigenvalue weighted by Crippen LogP contribution is 2.19. The Morgan fingerprint density at radius 2 is 2.26 bits per heavy atom. The lowest BCUT2D eigenvalue weighted by atomic mass is 10.1. The maximum Gasteiger partial charge on any atom is 0.238 e. The molecule has 104 valence electrons. The Morgan fingerprint density at radius 1 is 1.47 bits per heavy atom. The lowest BCUT2D eigenvalue weighted by Crippen LogP contribution is -2.37. The molecule has 0 radical (unpaired) electrons. The summed E-state index contributed by atoms with van der Waals surface area (Å²) in [5.74, 6) is -0.0627. The van der Waals surface area contributed by atoms with Gasteiger partial charge in [0, 0.05) is 11.7 Å². The van der Waals surface area contributed by atoms with E-state index in [0.29, 0.717) is 0 Å². The van der Waals surface area contributed by atoms with Crippen LogP contribution in [0.3, 0.4) is 0 Å². The molecule has 4 heteroatoms. The number of carbonyl (C=O) groups is 1. The monoisotopic (exact) mass is 264 g/mol. The van der Waals surface area contributed by atoms with Gasteiger partial charge in [-0.15, -0.1) is 0 Å². The summed E-state index contributed by atoms with van der Waals surface area (Å²) in [6, 6.07) is 5.85. The fourth-order valence-electron chi connectivity index (χ4n) is 2.61. The van der Waals surface area contributed by atoms with E-state index >= 15 is 0 Å². The number of nitrogens with one attached hydrogen (secondary N) is 1. The van der Waals surface area contributed by atoms with Crippen LogP contribution in [0.25, 0.3) is 0 Å². The average molecular weight is 264 g/mol. The van der Waals surface area contributed by atoms with Gasteiger partial charge in [0.2, 0.25) is 5.91 Å². The summed E-state index contributed by atoms with van der Waals surface area (Å²) in [4.78, 5) is 13.9. The number of hydrogen-bond donors (Lipinski definition) is 1. The fourth-order valence-corrected chi connectivity index (χ4v) is 2.61. The lowest BCUT2D eigenvalue weighted by Gasteiger charge is -2.21. The molecule has 1 amide bonds. The number of carbonyl (C=O) groups excluding carboxylic acids is 1. The van der Waals surface area contributed by atoms with Gasteiger partial charge in [0.1, 0.15) is 6.67 Å². The number of halogens is 1. The van der Waals surface area contributed by atoms with Crippen molar-refractivity contribution in [3.05, 3.63) is 29.3 Å². The van der Waals surface area contributed by atoms with Crippen LogP contribution in [0.4, 0.5) is 10.1 Å². The molecule has 0 aliphatic carbocycles. The van der Waals surface area contributed by atoms with Crippen molar-refractivity contribution >= 4 is 11.6 Å². The summed E-state index contributed by atoms with van der Waals surface area (Å²) in [6.45, 7) is 4.73. The Hall–Kier alpha value is -1.42. The normalized spacial score (nSPS) is 19.6. The van der Waals surface area contributed by atoms with E-state index in [0.717, 1.165) is 30.6 Å². The number of amides is 1. The second-order valence-corrected chi connectivity index (χ2v) is 5.29. The van der Waals surface area contributed by atoms with Crippen molar-refractivity contribution in [3.63, 3.8) is 0 Å². The number of benzene rings is 1. The predicted octanol–water partition coefficient (Wildman–Crippen LogP) is 2.68. The second kappa shape index (κ2) is 6.15. The van der Waals surface area contributed by atoms with E-state index in [9.17, 15) is 9.18 Å². The van der Waals surface area contributed by atoms with Gasteiger partial charge in [-0.25, -0.2) is 4.39 Å². The number of nitrogens with zero attached hydrogens (tertiary/aromatic N) is 1. The minimum absolute atomic E-state index is 0.0627. The summed E-state index contributed by atoms with van der Waals surface area (Å²) in [5.41, 5.74) is 3.07. The Kier molecular flexibility index (Phi) is 4.53. The number of hydrogen-bond acceptors (Lipinski definition) is 2. The van der Waals surface area contributed by atoms with Crippen LogP contribution in [0.5, 0.6) is 0 Å². The predicted molar refractivity (Wildman–Crippen MR) is 75.1 cm³/mol. The van der Waals surface area contributed by atoms with Gasteiger partial charge in [0.25, 0.3) is 0 Å². The highest BCUT2D eigenvalue weighted by molar-refractivity contribution is 5.93. The Bertz CT molecular complexity index is 461. The van der Waals surface area contributed by atoms with Crippen molar-refractivity contribution in [2.75, 3.05) is 25.1 Å². The summed E-state index contributed by atoms with van der Waals surface area (Å²) in [6.07, 6.45) is 1.83. The molecule has 1 saturated heterocycles. The van der Waals surface area contributed by atoms with Gasteiger partial charge < -0.3 is 5.32 Å². The molecule has 1 fully saturated rings. The lowest BCUT2D eigenvalue weighted by molar-refractivity contribution is -0.117. The van der Waals surface area contributed by atoms with Gasteiger partial charge in [0.05, 0.1) is 6.54 Å². The molecular formula is C15H21FN2O. The maximum absolute atomic E-state index is 12.8. The van der Waals surface area contributed by atoms with E-state index in [-0.39, 0.29) is 25.2 Å². The quantitative estimate of drug-likeness (QED) is 0.906. The topological polar surface area (TPSA) is 32.3 Å². The molecule has 19 heavy (non-hydrogen) atoms. The average Bonchev–Trinajstić information content (AvgIpc) is 2.80. The zero-order chi connectivity index (χ0) is 13.8. The molecule has 1 aliphatic rings. The van der Waals surface area contributed by atoms with E-state index in [1.807, 2.05) is 36.9 Å². The largest absolute Gasteiger partial charge is 0.325 e. The summed E-state index contributed by atoms with van der Waals surface area (Å²) >= 11 is 0. The summed E-state index contributed by atoms with van der Waals surface area (Å²) < 4.78 is 12.8. The molecule has 0 bridgehead atoms. The number of rotatable bonds is 4. The highest BCUT2D eigenvalue weighted by atomic mass is 19.1. The zero-order valence-corrected chi connectivity index (χ0v) is 11.6. The highest BCUT2D eigenvalue weighted by Gasteiger charge is 2.25. The van der Waals surface area contributed by atoms with Crippen molar-refractivity contribution in [1.29, 1.82) is 0 Å². The molecule has 3 nitrogen and oxygen atoms in total. The number of aryl methyl sites for hydroxylation is 2. The maximum atomic E-state index is 12.8. The minimum Gasteiger partial charge on any atom is -0.325 e. The number of anilines is 1. The number of alkyl halides is 1. The molecule has 0 spiro atoms. The summed E-state index contributed by atoms with van der Waals surface area (Å²) in [5, 5.41) is 2.91. The molecule has 1 aromatic carbocycles. The van der Waals surface area contributed by atoms with Crippen molar-refractivity contribution in [2.45, 2.75) is 32.7 Å². The molecule has 1 heterocycles. The van der Waals surface area contributed by atoms with E-state index in [1.54, 1.807) is 0 Å². The molecule has 1 unspecified atom stereocenters. The molecule has 1 N–H and O–H groups in total. The second-order valence-electron chi connectivity index (χ2n) is 5.29. The zero-order valence-electron chi connectivity index (χ0n) is 11.6. The molecule has 2 rings (SSSR count). The Labute approximate surface area is 113 Å². The van der Waals surface area contributed by atoms with Gasteiger partial charge >= 0.3 is 0 Å². The first kappa shape index (κ1) is 14.0. The standard InChI is InChI=1S/C15H21FN2O/c1-11-5-6-14(12(2)8-11)17-15(19)10-18-7-3-4-13(18)9-16/h5-6,8,13H,3-4,7,9-10H2,1-2H3,(H,17,19). The van der Waals surface area contributed by atoms with Crippen LogP contribution in [0.2, 0.25) is 0 Å². The Balaban J connectivity index is 1.94. The SMILES string of the molecule is Cc1ccc(NC(=O)CN2CCCC2CF)c(C)c1. The van der Waals surface area contributed by atoms with E-state index < -0.39 is 0 Å². The van der Waals surface area contributed by atoms with Crippen LogP contribution >= 0.6 is 0 Å².